The number of nitrogens with zero attached hydrogens (tertiary/aromatic N) is 3. The van der Waals surface area contributed by atoms with Crippen molar-refractivity contribution in [2.75, 3.05) is 26.2 Å². The summed E-state index contributed by atoms with van der Waals surface area (Å²) in [5.41, 5.74) is 5.37. The largest absolute Gasteiger partial charge is 0.371 e. The van der Waals surface area contributed by atoms with E-state index in [-0.39, 0.29) is 11.9 Å². The van der Waals surface area contributed by atoms with Crippen LogP contribution < -0.4 is 0 Å². The molecule has 0 bridgehead atoms. The van der Waals surface area contributed by atoms with Gasteiger partial charge in [0, 0.05) is 24.2 Å². The fourth-order valence-corrected chi connectivity index (χ4v) is 4.32. The molecule has 0 N–H and O–H groups in total. The van der Waals surface area contributed by atoms with Gasteiger partial charge in [-0.3, -0.25) is 4.90 Å². The molecular formula is C27H26FN3O. The molecular weight excluding hydrogens is 401 g/mol. The number of morpholine rings is 1. The molecule has 1 atom stereocenters. The molecule has 0 aliphatic carbocycles. The Balaban J connectivity index is 1.58. The van der Waals surface area contributed by atoms with Crippen molar-refractivity contribution in [1.29, 1.82) is 0 Å². The summed E-state index contributed by atoms with van der Waals surface area (Å²) in [6, 6.07) is 25.3. The van der Waals surface area contributed by atoms with E-state index in [4.69, 9.17) is 4.74 Å². The zero-order chi connectivity index (χ0) is 21.9. The van der Waals surface area contributed by atoms with Crippen LogP contribution in [0.4, 0.5) is 4.39 Å². The molecule has 1 unspecified atom stereocenters. The maximum absolute atomic E-state index is 14.9. The SMILES string of the molecule is CCN1CCOC(c2cnn(-c3ccc(-c4ccccc4)cc3)c2-c2ccccc2F)C1. The van der Waals surface area contributed by atoms with Crippen LogP contribution in [-0.2, 0) is 4.74 Å². The first-order chi connectivity index (χ1) is 15.7. The summed E-state index contributed by atoms with van der Waals surface area (Å²) in [7, 11) is 0. The predicted octanol–water partition coefficient (Wildman–Crippen LogP) is 5.74. The van der Waals surface area contributed by atoms with Crippen molar-refractivity contribution in [3.63, 3.8) is 0 Å². The molecule has 1 fully saturated rings. The monoisotopic (exact) mass is 427 g/mol. The molecule has 0 saturated carbocycles. The lowest BCUT2D eigenvalue weighted by atomic mass is 10.0. The van der Waals surface area contributed by atoms with E-state index in [1.807, 2.05) is 53.3 Å². The zero-order valence-electron chi connectivity index (χ0n) is 18.1. The topological polar surface area (TPSA) is 30.3 Å². The number of rotatable bonds is 5. The molecule has 5 heteroatoms. The molecule has 0 spiro atoms. The lowest BCUT2D eigenvalue weighted by molar-refractivity contribution is -0.0279. The van der Waals surface area contributed by atoms with E-state index in [2.05, 4.69) is 41.2 Å². The number of aromatic nitrogens is 2. The minimum absolute atomic E-state index is 0.143. The third-order valence-electron chi connectivity index (χ3n) is 6.09. The third kappa shape index (κ3) is 3.97. The van der Waals surface area contributed by atoms with Gasteiger partial charge in [0.2, 0.25) is 0 Å². The normalized spacial score (nSPS) is 16.9. The summed E-state index contributed by atoms with van der Waals surface area (Å²) >= 11 is 0. The number of halogens is 1. The van der Waals surface area contributed by atoms with Crippen LogP contribution in [0.1, 0.15) is 18.6 Å². The maximum atomic E-state index is 14.9. The molecule has 4 nitrogen and oxygen atoms in total. The Bertz CT molecular complexity index is 1190. The van der Waals surface area contributed by atoms with Gasteiger partial charge in [-0.1, -0.05) is 61.5 Å². The molecule has 2 heterocycles. The van der Waals surface area contributed by atoms with Crippen LogP contribution in [-0.4, -0.2) is 40.9 Å². The highest BCUT2D eigenvalue weighted by atomic mass is 19.1. The first kappa shape index (κ1) is 20.6. The van der Waals surface area contributed by atoms with E-state index in [0.717, 1.165) is 47.7 Å². The predicted molar refractivity (Wildman–Crippen MR) is 125 cm³/mol. The van der Waals surface area contributed by atoms with E-state index in [9.17, 15) is 4.39 Å². The summed E-state index contributed by atoms with van der Waals surface area (Å²) in [6.07, 6.45) is 1.69. The summed E-state index contributed by atoms with van der Waals surface area (Å²) in [4.78, 5) is 2.35. The van der Waals surface area contributed by atoms with Crippen LogP contribution in [0.2, 0.25) is 0 Å². The van der Waals surface area contributed by atoms with Crippen molar-refractivity contribution in [2.24, 2.45) is 0 Å². The van der Waals surface area contributed by atoms with Crippen molar-refractivity contribution in [2.45, 2.75) is 13.0 Å². The highest BCUT2D eigenvalue weighted by Gasteiger charge is 2.28. The molecule has 4 aromatic rings. The fraction of sp³-hybridized carbons (Fsp3) is 0.222. The second kappa shape index (κ2) is 9.07. The zero-order valence-corrected chi connectivity index (χ0v) is 18.1. The average molecular weight is 428 g/mol. The first-order valence-corrected chi connectivity index (χ1v) is 11.1. The molecule has 0 amide bonds. The van der Waals surface area contributed by atoms with Crippen LogP contribution in [0, 0.1) is 5.82 Å². The van der Waals surface area contributed by atoms with Crippen molar-refractivity contribution in [3.8, 4) is 28.1 Å². The minimum Gasteiger partial charge on any atom is -0.371 e. The molecule has 5 rings (SSSR count). The fourth-order valence-electron chi connectivity index (χ4n) is 4.32. The Morgan fingerprint density at radius 3 is 2.41 bits per heavy atom. The smallest absolute Gasteiger partial charge is 0.132 e. The van der Waals surface area contributed by atoms with Crippen LogP contribution in [0.3, 0.4) is 0 Å². The van der Waals surface area contributed by atoms with Crippen LogP contribution in [0.15, 0.2) is 85.1 Å². The molecule has 1 aliphatic rings. The van der Waals surface area contributed by atoms with Crippen molar-refractivity contribution < 1.29 is 9.13 Å². The molecule has 162 valence electrons. The van der Waals surface area contributed by atoms with Gasteiger partial charge in [0.15, 0.2) is 0 Å². The Hall–Kier alpha value is -3.28. The second-order valence-electron chi connectivity index (χ2n) is 8.01. The van der Waals surface area contributed by atoms with Gasteiger partial charge in [-0.15, -0.1) is 0 Å². The Morgan fingerprint density at radius 2 is 1.66 bits per heavy atom. The summed E-state index contributed by atoms with van der Waals surface area (Å²) in [5, 5.41) is 4.68. The van der Waals surface area contributed by atoms with E-state index >= 15 is 0 Å². The van der Waals surface area contributed by atoms with E-state index < -0.39 is 0 Å². The Labute approximate surface area is 187 Å². The quantitative estimate of drug-likeness (QED) is 0.407. The van der Waals surface area contributed by atoms with Gasteiger partial charge in [-0.2, -0.15) is 5.10 Å². The highest BCUT2D eigenvalue weighted by Crippen LogP contribution is 2.35. The van der Waals surface area contributed by atoms with Gasteiger partial charge < -0.3 is 4.74 Å². The lowest BCUT2D eigenvalue weighted by Gasteiger charge is -2.32. The number of benzene rings is 3. The Kier molecular flexibility index (Phi) is 5.84. The number of ether oxygens (including phenoxy) is 1. The molecule has 1 saturated heterocycles. The standard InChI is InChI=1S/C27H26FN3O/c1-2-30-16-17-32-26(19-30)24-18-29-31(27(24)23-10-6-7-11-25(23)28)22-14-12-21(13-15-22)20-8-4-3-5-9-20/h3-15,18,26H,2,16-17,19H2,1H3. The maximum Gasteiger partial charge on any atom is 0.132 e. The lowest BCUT2D eigenvalue weighted by Crippen LogP contribution is -2.38. The molecule has 32 heavy (non-hydrogen) atoms. The van der Waals surface area contributed by atoms with Crippen LogP contribution in [0.5, 0.6) is 0 Å². The van der Waals surface area contributed by atoms with Crippen molar-refractivity contribution >= 4 is 0 Å². The number of likely N-dealkylation sites (N-methyl/N-ethyl adjacent to an activating group) is 1. The van der Waals surface area contributed by atoms with Gasteiger partial charge in [0.1, 0.15) is 5.82 Å². The van der Waals surface area contributed by atoms with Gasteiger partial charge >= 0.3 is 0 Å². The van der Waals surface area contributed by atoms with Crippen LogP contribution >= 0.6 is 0 Å². The average Bonchev–Trinajstić information content (AvgIpc) is 3.30. The van der Waals surface area contributed by atoms with Gasteiger partial charge in [-0.05, 0) is 41.9 Å². The van der Waals surface area contributed by atoms with E-state index in [0.29, 0.717) is 12.2 Å². The molecule has 0 radical (unpaired) electrons. The Morgan fingerprint density at radius 1 is 0.938 bits per heavy atom. The van der Waals surface area contributed by atoms with Gasteiger partial charge in [-0.25, -0.2) is 9.07 Å². The number of hydrogen-bond donors (Lipinski definition) is 0. The minimum atomic E-state index is -0.264. The summed E-state index contributed by atoms with van der Waals surface area (Å²) < 4.78 is 22.9. The summed E-state index contributed by atoms with van der Waals surface area (Å²) in [5.74, 6) is -0.264. The first-order valence-electron chi connectivity index (χ1n) is 11.1. The second-order valence-corrected chi connectivity index (χ2v) is 8.01. The highest BCUT2D eigenvalue weighted by molar-refractivity contribution is 5.69. The molecule has 1 aliphatic heterocycles. The molecule has 3 aromatic carbocycles. The van der Waals surface area contributed by atoms with E-state index in [1.165, 1.54) is 6.07 Å². The van der Waals surface area contributed by atoms with Gasteiger partial charge in [0.05, 0.1) is 30.3 Å². The van der Waals surface area contributed by atoms with Crippen LogP contribution in [0.25, 0.3) is 28.1 Å². The third-order valence-corrected chi connectivity index (χ3v) is 6.09. The summed E-state index contributed by atoms with van der Waals surface area (Å²) in [6.45, 7) is 5.46. The van der Waals surface area contributed by atoms with Crippen molar-refractivity contribution in [1.82, 2.24) is 14.7 Å². The van der Waals surface area contributed by atoms with Crippen molar-refractivity contribution in [3.05, 3.63) is 96.4 Å². The van der Waals surface area contributed by atoms with Gasteiger partial charge in [0.25, 0.3) is 0 Å². The number of hydrogen-bond acceptors (Lipinski definition) is 3. The van der Waals surface area contributed by atoms with E-state index in [1.54, 1.807) is 6.07 Å². The molecule has 1 aromatic heterocycles.